The van der Waals surface area contributed by atoms with Gasteiger partial charge in [-0.1, -0.05) is 6.07 Å². The molecule has 132 valence electrons. The van der Waals surface area contributed by atoms with Crippen LogP contribution in [0.4, 0.5) is 24.5 Å². The Morgan fingerprint density at radius 2 is 1.68 bits per heavy atom. The average Bonchev–Trinajstić information content (AvgIpc) is 2.55. The highest BCUT2D eigenvalue weighted by Crippen LogP contribution is 2.30. The number of hydrogen-bond donors (Lipinski definition) is 2. The molecule has 0 saturated heterocycles. The number of nitrogens with one attached hydrogen (secondary N) is 2. The molecular formula is C18H17F3N2O2. The first-order valence-electron chi connectivity index (χ1n) is 7.58. The van der Waals surface area contributed by atoms with Gasteiger partial charge in [0.1, 0.15) is 0 Å². The van der Waals surface area contributed by atoms with Crippen LogP contribution < -0.4 is 10.6 Å². The van der Waals surface area contributed by atoms with Gasteiger partial charge < -0.3 is 10.6 Å². The molecule has 4 nitrogen and oxygen atoms in total. The molecule has 0 radical (unpaired) electrons. The molecule has 0 saturated carbocycles. The van der Waals surface area contributed by atoms with E-state index in [4.69, 9.17) is 0 Å². The van der Waals surface area contributed by atoms with Gasteiger partial charge in [-0.05, 0) is 49.4 Å². The Balaban J connectivity index is 1.84. The number of benzene rings is 2. The van der Waals surface area contributed by atoms with Crippen molar-refractivity contribution < 1.29 is 22.8 Å². The molecular weight excluding hydrogens is 333 g/mol. The predicted molar refractivity (Wildman–Crippen MR) is 89.6 cm³/mol. The predicted octanol–water partition coefficient (Wildman–Crippen LogP) is 4.35. The number of Topliss-reactive ketones (excluding diaryl/α,β-unsaturated/α-hetero) is 1. The minimum atomic E-state index is -4.45. The van der Waals surface area contributed by atoms with Crippen molar-refractivity contribution in [3.63, 3.8) is 0 Å². The van der Waals surface area contributed by atoms with E-state index in [1.54, 1.807) is 24.3 Å². The van der Waals surface area contributed by atoms with Gasteiger partial charge in [-0.25, -0.2) is 0 Å². The second kappa shape index (κ2) is 7.83. The van der Waals surface area contributed by atoms with Crippen molar-refractivity contribution in [1.82, 2.24) is 0 Å². The van der Waals surface area contributed by atoms with Gasteiger partial charge in [0.25, 0.3) is 0 Å². The molecule has 0 aromatic heterocycles. The molecule has 2 rings (SSSR count). The lowest BCUT2D eigenvalue weighted by Crippen LogP contribution is -2.16. The zero-order valence-corrected chi connectivity index (χ0v) is 13.5. The number of carbonyl (C=O) groups excluding carboxylic acids is 2. The van der Waals surface area contributed by atoms with Crippen LogP contribution in [0.5, 0.6) is 0 Å². The summed E-state index contributed by atoms with van der Waals surface area (Å²) < 4.78 is 37.9. The fourth-order valence-corrected chi connectivity index (χ4v) is 2.14. The number of hydrogen-bond acceptors (Lipinski definition) is 3. The SMILES string of the molecule is CC(=O)c1ccc(NCCC(=O)Nc2cccc(C(F)(F)F)c2)cc1. The van der Waals surface area contributed by atoms with Crippen molar-refractivity contribution in [2.24, 2.45) is 0 Å². The van der Waals surface area contributed by atoms with Crippen molar-refractivity contribution in [3.05, 3.63) is 59.7 Å². The van der Waals surface area contributed by atoms with Crippen LogP contribution in [0.2, 0.25) is 0 Å². The zero-order valence-electron chi connectivity index (χ0n) is 13.5. The Labute approximate surface area is 143 Å². The first kappa shape index (κ1) is 18.5. The second-order valence-electron chi connectivity index (χ2n) is 5.44. The van der Waals surface area contributed by atoms with E-state index in [1.807, 2.05) is 0 Å². The topological polar surface area (TPSA) is 58.2 Å². The minimum Gasteiger partial charge on any atom is -0.385 e. The average molecular weight is 350 g/mol. The third kappa shape index (κ3) is 5.63. The largest absolute Gasteiger partial charge is 0.416 e. The summed E-state index contributed by atoms with van der Waals surface area (Å²) >= 11 is 0. The van der Waals surface area contributed by atoms with Crippen LogP contribution >= 0.6 is 0 Å². The van der Waals surface area contributed by atoms with Gasteiger partial charge in [0, 0.05) is 29.9 Å². The van der Waals surface area contributed by atoms with Crippen LogP contribution in [0.15, 0.2) is 48.5 Å². The first-order valence-corrected chi connectivity index (χ1v) is 7.58. The van der Waals surface area contributed by atoms with E-state index >= 15 is 0 Å². The summed E-state index contributed by atoms with van der Waals surface area (Å²) in [5.41, 5.74) is 0.629. The highest BCUT2D eigenvalue weighted by Gasteiger charge is 2.30. The van der Waals surface area contributed by atoms with E-state index in [1.165, 1.54) is 19.1 Å². The Bertz CT molecular complexity index is 756. The number of amides is 1. The lowest BCUT2D eigenvalue weighted by atomic mass is 10.1. The molecule has 25 heavy (non-hydrogen) atoms. The third-order valence-electron chi connectivity index (χ3n) is 3.45. The summed E-state index contributed by atoms with van der Waals surface area (Å²) in [7, 11) is 0. The maximum atomic E-state index is 12.6. The molecule has 0 heterocycles. The Morgan fingerprint density at radius 3 is 2.28 bits per heavy atom. The summed E-state index contributed by atoms with van der Waals surface area (Å²) in [4.78, 5) is 23.0. The lowest BCUT2D eigenvalue weighted by Gasteiger charge is -2.10. The van der Waals surface area contributed by atoms with E-state index in [2.05, 4.69) is 10.6 Å². The molecule has 0 aliphatic heterocycles. The van der Waals surface area contributed by atoms with Gasteiger partial charge in [-0.3, -0.25) is 9.59 Å². The highest BCUT2D eigenvalue weighted by molar-refractivity contribution is 5.94. The number of halogens is 3. The minimum absolute atomic E-state index is 0.0352. The fraction of sp³-hybridized carbons (Fsp3) is 0.222. The third-order valence-corrected chi connectivity index (χ3v) is 3.45. The van der Waals surface area contributed by atoms with E-state index in [0.717, 1.165) is 17.8 Å². The summed E-state index contributed by atoms with van der Waals surface area (Å²) in [6.45, 7) is 1.78. The fourth-order valence-electron chi connectivity index (χ4n) is 2.14. The Morgan fingerprint density at radius 1 is 1.00 bits per heavy atom. The van der Waals surface area contributed by atoms with Crippen LogP contribution in [0.3, 0.4) is 0 Å². The molecule has 7 heteroatoms. The van der Waals surface area contributed by atoms with Crippen LogP contribution in [0, 0.1) is 0 Å². The molecule has 0 atom stereocenters. The van der Waals surface area contributed by atoms with Gasteiger partial charge >= 0.3 is 6.18 Å². The van der Waals surface area contributed by atoms with Crippen molar-refractivity contribution in [2.75, 3.05) is 17.2 Å². The quantitative estimate of drug-likeness (QED) is 0.762. The first-order chi connectivity index (χ1) is 11.8. The van der Waals surface area contributed by atoms with E-state index in [9.17, 15) is 22.8 Å². The summed E-state index contributed by atoms with van der Waals surface area (Å²) in [6.07, 6.45) is -4.36. The van der Waals surface area contributed by atoms with Crippen molar-refractivity contribution in [1.29, 1.82) is 0 Å². The molecule has 1 amide bonds. The number of anilines is 2. The number of alkyl halides is 3. The molecule has 2 aromatic carbocycles. The summed E-state index contributed by atoms with van der Waals surface area (Å²) in [6, 6.07) is 11.3. The summed E-state index contributed by atoms with van der Waals surface area (Å²) in [5.74, 6) is -0.431. The van der Waals surface area contributed by atoms with E-state index in [0.29, 0.717) is 12.1 Å². The van der Waals surface area contributed by atoms with Crippen LogP contribution in [0.1, 0.15) is 29.3 Å². The molecule has 0 unspecified atom stereocenters. The van der Waals surface area contributed by atoms with Gasteiger partial charge in [-0.2, -0.15) is 13.2 Å². The van der Waals surface area contributed by atoms with Crippen molar-refractivity contribution in [3.8, 4) is 0 Å². The monoisotopic (exact) mass is 350 g/mol. The van der Waals surface area contributed by atoms with E-state index in [-0.39, 0.29) is 17.9 Å². The normalized spacial score (nSPS) is 11.0. The van der Waals surface area contributed by atoms with Gasteiger partial charge in [0.2, 0.25) is 5.91 Å². The Kier molecular flexibility index (Phi) is 5.80. The zero-order chi connectivity index (χ0) is 18.4. The maximum Gasteiger partial charge on any atom is 0.416 e. The highest BCUT2D eigenvalue weighted by atomic mass is 19.4. The molecule has 0 fully saturated rings. The van der Waals surface area contributed by atoms with Crippen LogP contribution in [0.25, 0.3) is 0 Å². The standard InChI is InChI=1S/C18H17F3N2O2/c1-12(24)13-5-7-15(8-6-13)22-10-9-17(25)23-16-4-2-3-14(11-16)18(19,20)21/h2-8,11,22H,9-10H2,1H3,(H,23,25). The van der Waals surface area contributed by atoms with E-state index < -0.39 is 17.6 Å². The smallest absolute Gasteiger partial charge is 0.385 e. The number of ketones is 1. The van der Waals surface area contributed by atoms with Gasteiger partial charge in [-0.15, -0.1) is 0 Å². The molecule has 2 aromatic rings. The molecule has 2 N–H and O–H groups in total. The number of rotatable bonds is 6. The molecule has 0 bridgehead atoms. The number of carbonyl (C=O) groups is 2. The molecule has 0 spiro atoms. The van der Waals surface area contributed by atoms with Crippen molar-refractivity contribution >= 4 is 23.1 Å². The van der Waals surface area contributed by atoms with Gasteiger partial charge in [0.15, 0.2) is 5.78 Å². The molecule has 0 aliphatic carbocycles. The van der Waals surface area contributed by atoms with Crippen molar-refractivity contribution in [2.45, 2.75) is 19.5 Å². The summed E-state index contributed by atoms with van der Waals surface area (Å²) in [5, 5.41) is 5.45. The maximum absolute atomic E-state index is 12.6. The lowest BCUT2D eigenvalue weighted by molar-refractivity contribution is -0.137. The van der Waals surface area contributed by atoms with Crippen LogP contribution in [-0.2, 0) is 11.0 Å². The van der Waals surface area contributed by atoms with Crippen LogP contribution in [-0.4, -0.2) is 18.2 Å². The second-order valence-corrected chi connectivity index (χ2v) is 5.44. The molecule has 0 aliphatic rings. The van der Waals surface area contributed by atoms with Gasteiger partial charge in [0.05, 0.1) is 5.56 Å². The Hall–Kier alpha value is -2.83.